The van der Waals surface area contributed by atoms with Crippen LogP contribution in [0.2, 0.25) is 0 Å². The highest BCUT2D eigenvalue weighted by Crippen LogP contribution is 2.71. The summed E-state index contributed by atoms with van der Waals surface area (Å²) >= 11 is 0. The molecule has 22 heavy (non-hydrogen) atoms. The van der Waals surface area contributed by atoms with Gasteiger partial charge in [0.15, 0.2) is 0 Å². The summed E-state index contributed by atoms with van der Waals surface area (Å²) < 4.78 is 0. The zero-order chi connectivity index (χ0) is 15.8. The van der Waals surface area contributed by atoms with E-state index >= 15 is 0 Å². The van der Waals surface area contributed by atoms with Crippen molar-refractivity contribution in [2.45, 2.75) is 82.8 Å². The van der Waals surface area contributed by atoms with E-state index in [2.05, 4.69) is 13.8 Å². The van der Waals surface area contributed by atoms with Crippen LogP contribution in [0.15, 0.2) is 0 Å². The summed E-state index contributed by atoms with van der Waals surface area (Å²) in [4.78, 5) is 0. The maximum Gasteiger partial charge on any atom is 0.0910 e. The molecular weight excluding hydrogens is 276 g/mol. The Morgan fingerprint density at radius 1 is 0.955 bits per heavy atom. The van der Waals surface area contributed by atoms with Crippen molar-refractivity contribution >= 4 is 0 Å². The van der Waals surface area contributed by atoms with Gasteiger partial charge in [-0.1, -0.05) is 13.3 Å². The normalized spacial score (nSPS) is 60.7. The minimum atomic E-state index is -0.838. The van der Waals surface area contributed by atoms with Crippen molar-refractivity contribution in [3.8, 4) is 0 Å². The third-order valence-electron chi connectivity index (χ3n) is 8.56. The number of hydrogen-bond acceptors (Lipinski definition) is 3. The van der Waals surface area contributed by atoms with Gasteiger partial charge in [-0.15, -0.1) is 0 Å². The lowest BCUT2D eigenvalue weighted by molar-refractivity contribution is -0.180. The molecule has 0 unspecified atom stereocenters. The molecule has 4 fully saturated rings. The summed E-state index contributed by atoms with van der Waals surface area (Å²) in [5.74, 6) is 1.31. The molecule has 0 aromatic rings. The minimum Gasteiger partial charge on any atom is -0.393 e. The van der Waals surface area contributed by atoms with Crippen LogP contribution in [-0.4, -0.2) is 33.1 Å². The molecule has 3 N–H and O–H groups in total. The highest BCUT2D eigenvalue weighted by atomic mass is 16.3. The molecule has 4 saturated carbocycles. The summed E-state index contributed by atoms with van der Waals surface area (Å²) in [6, 6.07) is 0. The molecule has 0 amide bonds. The Morgan fingerprint density at radius 2 is 1.73 bits per heavy atom. The predicted octanol–water partition coefficient (Wildman–Crippen LogP) is 2.87. The maximum absolute atomic E-state index is 11.0. The third-order valence-corrected chi connectivity index (χ3v) is 8.56. The molecule has 4 aliphatic rings. The monoisotopic (exact) mass is 308 g/mol. The molecule has 0 radical (unpaired) electrons. The summed E-state index contributed by atoms with van der Waals surface area (Å²) in [6.45, 7) is 4.40. The van der Waals surface area contributed by atoms with Gasteiger partial charge in [-0.05, 0) is 86.9 Å². The largest absolute Gasteiger partial charge is 0.393 e. The molecule has 0 aromatic heterocycles. The molecular formula is C19H32O3. The molecule has 1 spiro atoms. The molecule has 7 atom stereocenters. The van der Waals surface area contributed by atoms with Gasteiger partial charge in [-0.25, -0.2) is 0 Å². The van der Waals surface area contributed by atoms with Crippen molar-refractivity contribution in [3.63, 3.8) is 0 Å². The van der Waals surface area contributed by atoms with Gasteiger partial charge in [0.25, 0.3) is 0 Å². The summed E-state index contributed by atoms with van der Waals surface area (Å²) in [7, 11) is 0. The van der Waals surface area contributed by atoms with Crippen LogP contribution >= 0.6 is 0 Å². The lowest BCUT2D eigenvalue weighted by Gasteiger charge is -2.63. The average Bonchev–Trinajstić information content (AvgIpc) is 2.65. The van der Waals surface area contributed by atoms with E-state index in [4.69, 9.17) is 0 Å². The van der Waals surface area contributed by atoms with E-state index in [1.54, 1.807) is 0 Å². The van der Waals surface area contributed by atoms with Crippen LogP contribution < -0.4 is 0 Å². The van der Waals surface area contributed by atoms with Crippen LogP contribution in [0.4, 0.5) is 0 Å². The molecule has 2 bridgehead atoms. The maximum atomic E-state index is 11.0. The average molecular weight is 308 g/mol. The number of hydrogen-bond donors (Lipinski definition) is 3. The Hall–Kier alpha value is -0.120. The smallest absolute Gasteiger partial charge is 0.0910 e. The molecule has 0 saturated heterocycles. The van der Waals surface area contributed by atoms with E-state index in [0.29, 0.717) is 11.8 Å². The quantitative estimate of drug-likeness (QED) is 0.698. The van der Waals surface area contributed by atoms with Crippen molar-refractivity contribution in [1.82, 2.24) is 0 Å². The zero-order valence-corrected chi connectivity index (χ0v) is 14.1. The van der Waals surface area contributed by atoms with Crippen LogP contribution in [0, 0.1) is 28.6 Å². The highest BCUT2D eigenvalue weighted by Gasteiger charge is 2.67. The van der Waals surface area contributed by atoms with E-state index in [0.717, 1.165) is 44.9 Å². The first-order valence-electron chi connectivity index (χ1n) is 9.31. The van der Waals surface area contributed by atoms with Crippen molar-refractivity contribution in [1.29, 1.82) is 0 Å². The summed E-state index contributed by atoms with van der Waals surface area (Å²) in [6.07, 6.45) is 9.62. The van der Waals surface area contributed by atoms with Gasteiger partial charge in [-0.2, -0.15) is 0 Å². The lowest BCUT2D eigenvalue weighted by Crippen LogP contribution is -2.58. The first kappa shape index (κ1) is 15.4. The Kier molecular flexibility index (Phi) is 3.14. The van der Waals surface area contributed by atoms with E-state index in [9.17, 15) is 15.3 Å². The van der Waals surface area contributed by atoms with Gasteiger partial charge in [0, 0.05) is 0 Å². The fraction of sp³-hybridized carbons (Fsp3) is 1.00. The topological polar surface area (TPSA) is 60.7 Å². The standard InChI is InChI=1S/C19H32O3/c1-16-7-3-8-17(2,21)14(16)6-9-18-10-13(4-5-15(16)18)19(22,11-18)12-20/h13-15,20-22H,3-12H2,1-2H3/t13-,14+,15+,16-,17-,18+,19+/m0/s1. The second kappa shape index (κ2) is 4.49. The molecule has 0 aromatic carbocycles. The minimum absolute atomic E-state index is 0.0794. The number of aliphatic hydroxyl groups excluding tert-OH is 1. The predicted molar refractivity (Wildman–Crippen MR) is 85.2 cm³/mol. The van der Waals surface area contributed by atoms with Crippen LogP contribution in [0.25, 0.3) is 0 Å². The van der Waals surface area contributed by atoms with Gasteiger partial charge >= 0.3 is 0 Å². The van der Waals surface area contributed by atoms with Gasteiger partial charge in [0.2, 0.25) is 0 Å². The summed E-state index contributed by atoms with van der Waals surface area (Å²) in [5, 5.41) is 31.6. The zero-order valence-electron chi connectivity index (χ0n) is 14.1. The van der Waals surface area contributed by atoms with Gasteiger partial charge in [0.05, 0.1) is 17.8 Å². The van der Waals surface area contributed by atoms with E-state index in [1.807, 2.05) is 0 Å². The van der Waals surface area contributed by atoms with Crippen molar-refractivity contribution in [2.24, 2.45) is 28.6 Å². The molecule has 3 nitrogen and oxygen atoms in total. The molecule has 4 aliphatic carbocycles. The Balaban J connectivity index is 1.72. The molecule has 126 valence electrons. The van der Waals surface area contributed by atoms with Gasteiger partial charge in [-0.3, -0.25) is 0 Å². The highest BCUT2D eigenvalue weighted by molar-refractivity contribution is 5.17. The van der Waals surface area contributed by atoms with Crippen LogP contribution in [-0.2, 0) is 0 Å². The SMILES string of the molecule is C[C@]12CCC[C@](C)(O)[C@@H]1CC[C@]13C[C@H](CC[C@@H]12)[C@](O)(CO)C3. The number of aliphatic hydroxyl groups is 3. The van der Waals surface area contributed by atoms with E-state index in [1.165, 1.54) is 12.8 Å². The lowest BCUT2D eigenvalue weighted by atomic mass is 9.43. The van der Waals surface area contributed by atoms with Crippen molar-refractivity contribution < 1.29 is 15.3 Å². The molecule has 0 heterocycles. The fourth-order valence-electron chi connectivity index (χ4n) is 7.77. The van der Waals surface area contributed by atoms with E-state index < -0.39 is 11.2 Å². The molecule has 0 aliphatic heterocycles. The van der Waals surface area contributed by atoms with Gasteiger partial charge in [0.1, 0.15) is 0 Å². The Morgan fingerprint density at radius 3 is 2.45 bits per heavy atom. The van der Waals surface area contributed by atoms with E-state index in [-0.39, 0.29) is 23.4 Å². The molecule has 3 heteroatoms. The first-order valence-corrected chi connectivity index (χ1v) is 9.31. The second-order valence-corrected chi connectivity index (χ2v) is 9.64. The van der Waals surface area contributed by atoms with Crippen molar-refractivity contribution in [3.05, 3.63) is 0 Å². The Bertz CT molecular complexity index is 475. The Labute approximate surface area is 134 Å². The number of rotatable bonds is 1. The summed E-state index contributed by atoms with van der Waals surface area (Å²) in [5.41, 5.74) is -0.919. The first-order chi connectivity index (χ1) is 10.3. The van der Waals surface area contributed by atoms with Crippen molar-refractivity contribution in [2.75, 3.05) is 6.61 Å². The van der Waals surface area contributed by atoms with Crippen LogP contribution in [0.3, 0.4) is 0 Å². The number of fused-ring (bicyclic) bond motifs is 3. The van der Waals surface area contributed by atoms with Crippen LogP contribution in [0.1, 0.15) is 71.6 Å². The van der Waals surface area contributed by atoms with Crippen LogP contribution in [0.5, 0.6) is 0 Å². The molecule has 4 rings (SSSR count). The van der Waals surface area contributed by atoms with Gasteiger partial charge < -0.3 is 15.3 Å². The fourth-order valence-corrected chi connectivity index (χ4v) is 7.77. The third kappa shape index (κ3) is 1.79. The second-order valence-electron chi connectivity index (χ2n) is 9.64.